The van der Waals surface area contributed by atoms with Crippen molar-refractivity contribution in [3.8, 4) is 0 Å². The molecule has 0 aliphatic rings. The second kappa shape index (κ2) is 6.16. The van der Waals surface area contributed by atoms with Crippen molar-refractivity contribution in [3.63, 3.8) is 0 Å². The third kappa shape index (κ3) is 2.99. The second-order valence-electron chi connectivity index (χ2n) is 3.69. The predicted molar refractivity (Wildman–Crippen MR) is 67.8 cm³/mol. The van der Waals surface area contributed by atoms with Crippen LogP contribution in [0.3, 0.4) is 0 Å². The Morgan fingerprint density at radius 1 is 1.19 bits per heavy atom. The highest BCUT2D eigenvalue weighted by Gasteiger charge is 2.06. The average molecular weight is 220 g/mol. The molecule has 0 unspecified atom stereocenters. The van der Waals surface area contributed by atoms with Crippen LogP contribution in [0.25, 0.3) is 0 Å². The van der Waals surface area contributed by atoms with Crippen molar-refractivity contribution in [2.24, 2.45) is 0 Å². The molecule has 3 heteroatoms. The standard InChI is InChI=1S/C13H20N2O/c1-4-10-7-6-8-11(5-2)13(10)15-9-12(16)14-3/h6-8,15H,4-5,9H2,1-3H3,(H,14,16). The number of carbonyl (C=O) groups excluding carboxylic acids is 1. The van der Waals surface area contributed by atoms with E-state index in [2.05, 4.69) is 42.7 Å². The van der Waals surface area contributed by atoms with E-state index in [4.69, 9.17) is 0 Å². The normalized spacial score (nSPS) is 9.94. The van der Waals surface area contributed by atoms with Crippen LogP contribution < -0.4 is 10.6 Å². The molecule has 0 radical (unpaired) electrons. The van der Waals surface area contributed by atoms with Gasteiger partial charge in [-0.25, -0.2) is 0 Å². The molecule has 0 fully saturated rings. The maximum absolute atomic E-state index is 11.2. The first kappa shape index (κ1) is 12.6. The first-order chi connectivity index (χ1) is 7.72. The Morgan fingerprint density at radius 2 is 1.75 bits per heavy atom. The molecule has 0 aliphatic heterocycles. The van der Waals surface area contributed by atoms with E-state index in [1.54, 1.807) is 7.05 Å². The Kier molecular flexibility index (Phi) is 4.83. The molecule has 0 bridgehead atoms. The molecule has 0 aliphatic carbocycles. The van der Waals surface area contributed by atoms with E-state index in [1.165, 1.54) is 11.1 Å². The van der Waals surface area contributed by atoms with Crippen molar-refractivity contribution >= 4 is 11.6 Å². The minimum absolute atomic E-state index is 0.00737. The van der Waals surface area contributed by atoms with Gasteiger partial charge >= 0.3 is 0 Å². The van der Waals surface area contributed by atoms with E-state index in [9.17, 15) is 4.79 Å². The van der Waals surface area contributed by atoms with Crippen LogP contribution in [0.2, 0.25) is 0 Å². The lowest BCUT2D eigenvalue weighted by atomic mass is 10.0. The topological polar surface area (TPSA) is 41.1 Å². The van der Waals surface area contributed by atoms with Crippen LogP contribution >= 0.6 is 0 Å². The molecule has 1 aromatic carbocycles. The van der Waals surface area contributed by atoms with Crippen LogP contribution in [0.5, 0.6) is 0 Å². The smallest absolute Gasteiger partial charge is 0.239 e. The van der Waals surface area contributed by atoms with Crippen LogP contribution in [0.4, 0.5) is 5.69 Å². The maximum Gasteiger partial charge on any atom is 0.239 e. The molecule has 16 heavy (non-hydrogen) atoms. The minimum atomic E-state index is 0.00737. The number of carbonyl (C=O) groups is 1. The van der Waals surface area contributed by atoms with Gasteiger partial charge in [0.15, 0.2) is 0 Å². The van der Waals surface area contributed by atoms with Gasteiger partial charge in [-0.2, -0.15) is 0 Å². The molecule has 0 saturated carbocycles. The summed E-state index contributed by atoms with van der Waals surface area (Å²) in [5.74, 6) is 0.00737. The summed E-state index contributed by atoms with van der Waals surface area (Å²) >= 11 is 0. The lowest BCUT2D eigenvalue weighted by molar-refractivity contribution is -0.118. The summed E-state index contributed by atoms with van der Waals surface area (Å²) in [6.45, 7) is 4.58. The molecule has 1 aromatic rings. The fraction of sp³-hybridized carbons (Fsp3) is 0.462. The first-order valence-electron chi connectivity index (χ1n) is 5.78. The zero-order chi connectivity index (χ0) is 12.0. The maximum atomic E-state index is 11.2. The molecule has 0 aromatic heterocycles. The number of amides is 1. The van der Waals surface area contributed by atoms with Crippen molar-refractivity contribution in [2.75, 3.05) is 18.9 Å². The van der Waals surface area contributed by atoms with E-state index >= 15 is 0 Å². The van der Waals surface area contributed by atoms with Crippen LogP contribution in [0, 0.1) is 0 Å². The Hall–Kier alpha value is -1.51. The molecular weight excluding hydrogens is 200 g/mol. The third-order valence-electron chi connectivity index (χ3n) is 2.70. The van der Waals surface area contributed by atoms with Crippen molar-refractivity contribution in [1.82, 2.24) is 5.32 Å². The van der Waals surface area contributed by atoms with Gasteiger partial charge in [-0.1, -0.05) is 32.0 Å². The van der Waals surface area contributed by atoms with Crippen molar-refractivity contribution < 1.29 is 4.79 Å². The van der Waals surface area contributed by atoms with E-state index in [0.717, 1.165) is 18.5 Å². The van der Waals surface area contributed by atoms with E-state index in [-0.39, 0.29) is 5.91 Å². The summed E-state index contributed by atoms with van der Waals surface area (Å²) in [7, 11) is 1.65. The molecule has 0 spiro atoms. The highest BCUT2D eigenvalue weighted by Crippen LogP contribution is 2.22. The van der Waals surface area contributed by atoms with Gasteiger partial charge in [-0.3, -0.25) is 4.79 Å². The van der Waals surface area contributed by atoms with Gasteiger partial charge in [0.25, 0.3) is 0 Å². The monoisotopic (exact) mass is 220 g/mol. The van der Waals surface area contributed by atoms with Gasteiger partial charge < -0.3 is 10.6 Å². The van der Waals surface area contributed by atoms with Crippen LogP contribution in [0.1, 0.15) is 25.0 Å². The van der Waals surface area contributed by atoms with Crippen LogP contribution in [-0.2, 0) is 17.6 Å². The third-order valence-corrected chi connectivity index (χ3v) is 2.70. The summed E-state index contributed by atoms with van der Waals surface area (Å²) in [5, 5.41) is 5.83. The van der Waals surface area contributed by atoms with Crippen molar-refractivity contribution in [2.45, 2.75) is 26.7 Å². The van der Waals surface area contributed by atoms with Gasteiger partial charge in [0.05, 0.1) is 6.54 Å². The summed E-state index contributed by atoms with van der Waals surface area (Å²) in [5.41, 5.74) is 3.66. The predicted octanol–water partition coefficient (Wildman–Crippen LogP) is 1.97. The lowest BCUT2D eigenvalue weighted by Gasteiger charge is -2.14. The summed E-state index contributed by atoms with van der Waals surface area (Å²) in [4.78, 5) is 11.2. The number of benzene rings is 1. The first-order valence-corrected chi connectivity index (χ1v) is 5.78. The molecule has 0 atom stereocenters. The van der Waals surface area contributed by atoms with E-state index in [1.807, 2.05) is 0 Å². The number of anilines is 1. The fourth-order valence-electron chi connectivity index (χ4n) is 1.73. The molecule has 1 amide bonds. The van der Waals surface area contributed by atoms with Crippen LogP contribution in [-0.4, -0.2) is 19.5 Å². The van der Waals surface area contributed by atoms with Crippen molar-refractivity contribution in [1.29, 1.82) is 0 Å². The van der Waals surface area contributed by atoms with Crippen LogP contribution in [0.15, 0.2) is 18.2 Å². The van der Waals surface area contributed by atoms with Gasteiger partial charge in [-0.15, -0.1) is 0 Å². The fourth-order valence-corrected chi connectivity index (χ4v) is 1.73. The van der Waals surface area contributed by atoms with Gasteiger partial charge in [0.1, 0.15) is 0 Å². The molecule has 88 valence electrons. The Balaban J connectivity index is 2.86. The van der Waals surface area contributed by atoms with Gasteiger partial charge in [0, 0.05) is 12.7 Å². The Bertz CT molecular complexity index is 339. The highest BCUT2D eigenvalue weighted by atomic mass is 16.1. The Labute approximate surface area is 97.2 Å². The summed E-state index contributed by atoms with van der Waals surface area (Å²) < 4.78 is 0. The number of hydrogen-bond donors (Lipinski definition) is 2. The molecule has 3 nitrogen and oxygen atoms in total. The van der Waals surface area contributed by atoms with Gasteiger partial charge in [-0.05, 0) is 24.0 Å². The number of nitrogens with one attached hydrogen (secondary N) is 2. The SMILES string of the molecule is CCc1cccc(CC)c1NCC(=O)NC. The minimum Gasteiger partial charge on any atom is -0.376 e. The molecule has 0 saturated heterocycles. The van der Waals surface area contributed by atoms with E-state index < -0.39 is 0 Å². The Morgan fingerprint density at radius 3 is 2.19 bits per heavy atom. The zero-order valence-corrected chi connectivity index (χ0v) is 10.3. The zero-order valence-electron chi connectivity index (χ0n) is 10.3. The summed E-state index contributed by atoms with van der Waals surface area (Å²) in [6, 6.07) is 6.28. The van der Waals surface area contributed by atoms with Gasteiger partial charge in [0.2, 0.25) is 5.91 Å². The number of para-hydroxylation sites is 1. The quantitative estimate of drug-likeness (QED) is 0.796. The van der Waals surface area contributed by atoms with Crippen molar-refractivity contribution in [3.05, 3.63) is 29.3 Å². The molecular formula is C13H20N2O. The largest absolute Gasteiger partial charge is 0.376 e. The highest BCUT2D eigenvalue weighted by molar-refractivity contribution is 5.81. The lowest BCUT2D eigenvalue weighted by Crippen LogP contribution is -2.26. The number of likely N-dealkylation sites (N-methyl/N-ethyl adjacent to an activating group) is 1. The second-order valence-corrected chi connectivity index (χ2v) is 3.69. The van der Waals surface area contributed by atoms with E-state index in [0.29, 0.717) is 6.54 Å². The number of hydrogen-bond acceptors (Lipinski definition) is 2. The number of aryl methyl sites for hydroxylation is 2. The molecule has 1 rings (SSSR count). The summed E-state index contributed by atoms with van der Waals surface area (Å²) in [6.07, 6.45) is 1.95. The molecule has 0 heterocycles. The average Bonchev–Trinajstić information content (AvgIpc) is 2.35. The number of rotatable bonds is 5. The molecule has 2 N–H and O–H groups in total.